The van der Waals surface area contributed by atoms with Crippen LogP contribution in [-0.2, 0) is 4.79 Å². The van der Waals surface area contributed by atoms with E-state index in [4.69, 9.17) is 0 Å². The number of amides is 2. The number of aryl methyl sites for hydroxylation is 2. The predicted octanol–water partition coefficient (Wildman–Crippen LogP) is 6.73. The van der Waals surface area contributed by atoms with E-state index >= 15 is 0 Å². The molecule has 0 fully saturated rings. The minimum Gasteiger partial charge on any atom is -0.478 e. The summed E-state index contributed by atoms with van der Waals surface area (Å²) in [6.07, 6.45) is 0. The van der Waals surface area contributed by atoms with Gasteiger partial charge in [0.15, 0.2) is 0 Å². The number of carbonyl (C=O) groups excluding carboxylic acids is 2. The first-order valence-corrected chi connectivity index (χ1v) is 12.5. The number of rotatable bonds is 8. The summed E-state index contributed by atoms with van der Waals surface area (Å²) < 4.78 is 0. The van der Waals surface area contributed by atoms with Gasteiger partial charge in [0, 0.05) is 16.3 Å². The van der Waals surface area contributed by atoms with E-state index < -0.39 is 17.1 Å². The number of aromatic carboxylic acids is 1. The fraction of sp³-hybridized carbons (Fsp3) is 0.100. The number of hydrogen-bond acceptors (Lipinski definition) is 4. The standard InChI is InChI=1S/C30H26N2O4S/c1-19-15-20(2)17-23(16-19)32-29(34)27(21-9-4-3-5-10-21)37-24-12-8-11-22(18-24)31-28(33)25-13-6-7-14-26(25)30(35)36/h3-18,27H,1-2H3,(H,31,33)(H,32,34)(H,35,36). The van der Waals surface area contributed by atoms with Crippen molar-refractivity contribution in [3.63, 3.8) is 0 Å². The van der Waals surface area contributed by atoms with Gasteiger partial charge in [0.25, 0.3) is 5.91 Å². The highest BCUT2D eigenvalue weighted by molar-refractivity contribution is 8.00. The smallest absolute Gasteiger partial charge is 0.336 e. The van der Waals surface area contributed by atoms with Crippen LogP contribution in [0.25, 0.3) is 0 Å². The zero-order valence-corrected chi connectivity index (χ0v) is 21.2. The quantitative estimate of drug-likeness (QED) is 0.229. The van der Waals surface area contributed by atoms with Crippen LogP contribution in [-0.4, -0.2) is 22.9 Å². The van der Waals surface area contributed by atoms with Gasteiger partial charge in [-0.25, -0.2) is 4.79 Å². The molecule has 1 atom stereocenters. The second-order valence-corrected chi connectivity index (χ2v) is 9.79. The fourth-order valence-corrected chi connectivity index (χ4v) is 5.09. The zero-order valence-electron chi connectivity index (χ0n) is 20.4. The van der Waals surface area contributed by atoms with Crippen molar-refractivity contribution < 1.29 is 19.5 Å². The maximum Gasteiger partial charge on any atom is 0.336 e. The van der Waals surface area contributed by atoms with Crippen LogP contribution >= 0.6 is 11.8 Å². The monoisotopic (exact) mass is 510 g/mol. The lowest BCUT2D eigenvalue weighted by Crippen LogP contribution is -2.19. The Bertz CT molecular complexity index is 1430. The second kappa shape index (κ2) is 11.6. The van der Waals surface area contributed by atoms with Crippen molar-refractivity contribution in [2.75, 3.05) is 10.6 Å². The van der Waals surface area contributed by atoms with Gasteiger partial charge in [-0.05, 0) is 73.0 Å². The molecule has 0 aliphatic rings. The molecule has 0 aromatic heterocycles. The predicted molar refractivity (Wildman–Crippen MR) is 147 cm³/mol. The molecule has 0 saturated heterocycles. The second-order valence-electron chi connectivity index (χ2n) is 8.61. The van der Waals surface area contributed by atoms with E-state index in [0.29, 0.717) is 5.69 Å². The van der Waals surface area contributed by atoms with Crippen LogP contribution < -0.4 is 10.6 Å². The molecule has 4 rings (SSSR count). The Kier molecular flexibility index (Phi) is 8.05. The van der Waals surface area contributed by atoms with Crippen LogP contribution in [0.5, 0.6) is 0 Å². The Morgan fingerprint density at radius 2 is 1.35 bits per heavy atom. The van der Waals surface area contributed by atoms with Gasteiger partial charge < -0.3 is 15.7 Å². The van der Waals surface area contributed by atoms with Crippen LogP contribution in [0.4, 0.5) is 11.4 Å². The average Bonchev–Trinajstić information content (AvgIpc) is 2.87. The summed E-state index contributed by atoms with van der Waals surface area (Å²) in [5, 5.41) is 14.7. The van der Waals surface area contributed by atoms with E-state index in [0.717, 1.165) is 27.3 Å². The number of nitrogens with one attached hydrogen (secondary N) is 2. The van der Waals surface area contributed by atoms with E-state index in [2.05, 4.69) is 10.6 Å². The number of anilines is 2. The molecule has 186 valence electrons. The third kappa shape index (κ3) is 6.65. The van der Waals surface area contributed by atoms with Crippen molar-refractivity contribution in [3.05, 3.63) is 125 Å². The number of carboxylic acids is 1. The van der Waals surface area contributed by atoms with Crippen LogP contribution in [0.2, 0.25) is 0 Å². The zero-order chi connectivity index (χ0) is 26.4. The molecule has 0 saturated carbocycles. The summed E-state index contributed by atoms with van der Waals surface area (Å²) in [5.41, 5.74) is 4.21. The Morgan fingerprint density at radius 1 is 0.703 bits per heavy atom. The highest BCUT2D eigenvalue weighted by atomic mass is 32.2. The van der Waals surface area contributed by atoms with Gasteiger partial charge in [0.2, 0.25) is 5.91 Å². The Morgan fingerprint density at radius 3 is 2.03 bits per heavy atom. The van der Waals surface area contributed by atoms with E-state index in [1.807, 2.05) is 68.4 Å². The van der Waals surface area contributed by atoms with Gasteiger partial charge in [0.05, 0.1) is 11.1 Å². The minimum absolute atomic E-state index is 0.0715. The molecule has 0 aliphatic heterocycles. The minimum atomic E-state index is -1.17. The van der Waals surface area contributed by atoms with E-state index in [-0.39, 0.29) is 17.0 Å². The summed E-state index contributed by atoms with van der Waals surface area (Å²) in [4.78, 5) is 38.5. The van der Waals surface area contributed by atoms with Gasteiger partial charge in [-0.1, -0.05) is 54.6 Å². The number of hydrogen-bond donors (Lipinski definition) is 3. The molecular weight excluding hydrogens is 484 g/mol. The summed E-state index contributed by atoms with van der Waals surface area (Å²) in [7, 11) is 0. The van der Waals surface area contributed by atoms with Crippen molar-refractivity contribution in [1.82, 2.24) is 0 Å². The van der Waals surface area contributed by atoms with Crippen molar-refractivity contribution in [3.8, 4) is 0 Å². The molecule has 0 spiro atoms. The lowest BCUT2D eigenvalue weighted by atomic mass is 10.1. The molecule has 0 heterocycles. The van der Waals surface area contributed by atoms with Crippen molar-refractivity contribution in [2.45, 2.75) is 24.0 Å². The summed E-state index contributed by atoms with van der Waals surface area (Å²) in [6, 6.07) is 28.6. The van der Waals surface area contributed by atoms with Crippen molar-refractivity contribution in [2.24, 2.45) is 0 Å². The molecule has 7 heteroatoms. The van der Waals surface area contributed by atoms with Crippen LogP contribution in [0, 0.1) is 13.8 Å². The topological polar surface area (TPSA) is 95.5 Å². The summed E-state index contributed by atoms with van der Waals surface area (Å²) in [6.45, 7) is 3.97. The van der Waals surface area contributed by atoms with Crippen LogP contribution in [0.1, 0.15) is 42.7 Å². The van der Waals surface area contributed by atoms with Gasteiger partial charge >= 0.3 is 5.97 Å². The Balaban J connectivity index is 1.57. The van der Waals surface area contributed by atoms with Gasteiger partial charge in [0.1, 0.15) is 5.25 Å². The highest BCUT2D eigenvalue weighted by Gasteiger charge is 2.23. The maximum atomic E-state index is 13.4. The van der Waals surface area contributed by atoms with Gasteiger partial charge in [-0.15, -0.1) is 11.8 Å². The molecule has 0 aliphatic carbocycles. The molecule has 1 unspecified atom stereocenters. The first-order chi connectivity index (χ1) is 17.8. The normalized spacial score (nSPS) is 11.4. The molecule has 4 aromatic carbocycles. The third-order valence-electron chi connectivity index (χ3n) is 5.58. The van der Waals surface area contributed by atoms with Crippen LogP contribution in [0.3, 0.4) is 0 Å². The molecule has 4 aromatic rings. The molecule has 3 N–H and O–H groups in total. The molecule has 0 bridgehead atoms. The van der Waals surface area contributed by atoms with Gasteiger partial charge in [-0.3, -0.25) is 9.59 Å². The largest absolute Gasteiger partial charge is 0.478 e. The fourth-order valence-electron chi connectivity index (χ4n) is 4.00. The van der Waals surface area contributed by atoms with Crippen LogP contribution in [0.15, 0.2) is 102 Å². The average molecular weight is 511 g/mol. The van der Waals surface area contributed by atoms with Crippen molar-refractivity contribution >= 4 is 40.9 Å². The number of thioether (sulfide) groups is 1. The van der Waals surface area contributed by atoms with E-state index in [1.54, 1.807) is 30.3 Å². The Labute approximate surface area is 219 Å². The first-order valence-electron chi connectivity index (χ1n) is 11.6. The molecule has 37 heavy (non-hydrogen) atoms. The maximum absolute atomic E-state index is 13.4. The molecule has 2 amide bonds. The molecular formula is C30H26N2O4S. The molecule has 0 radical (unpaired) electrons. The van der Waals surface area contributed by atoms with E-state index in [1.165, 1.54) is 23.9 Å². The molecule has 6 nitrogen and oxygen atoms in total. The summed E-state index contributed by atoms with van der Waals surface area (Å²) in [5.74, 6) is -1.85. The first kappa shape index (κ1) is 25.7. The highest BCUT2D eigenvalue weighted by Crippen LogP contribution is 2.37. The van der Waals surface area contributed by atoms with Crippen molar-refractivity contribution in [1.29, 1.82) is 0 Å². The Hall–Kier alpha value is -4.36. The van der Waals surface area contributed by atoms with E-state index in [9.17, 15) is 19.5 Å². The summed E-state index contributed by atoms with van der Waals surface area (Å²) >= 11 is 1.37. The number of benzene rings is 4. The number of carbonyl (C=O) groups is 3. The lowest BCUT2D eigenvalue weighted by Gasteiger charge is -2.18. The number of carboxylic acid groups (broad SMARTS) is 1. The third-order valence-corrected chi connectivity index (χ3v) is 6.83. The SMILES string of the molecule is Cc1cc(C)cc(NC(=O)C(Sc2cccc(NC(=O)c3ccccc3C(=O)O)c2)c2ccccc2)c1. The van der Waals surface area contributed by atoms with Gasteiger partial charge in [-0.2, -0.15) is 0 Å². The lowest BCUT2D eigenvalue weighted by molar-refractivity contribution is -0.115.